The fraction of sp³-hybridized carbons (Fsp3) is 0.867. The van der Waals surface area contributed by atoms with Crippen molar-refractivity contribution in [2.45, 2.75) is 59.9 Å². The zero-order valence-electron chi connectivity index (χ0n) is 13.0. The molecule has 0 aromatic rings. The maximum atomic E-state index is 11.7. The van der Waals surface area contributed by atoms with Gasteiger partial charge in [0.2, 0.25) is 5.91 Å². The minimum Gasteiger partial charge on any atom is -0.354 e. The molecule has 110 valence electrons. The summed E-state index contributed by atoms with van der Waals surface area (Å²) >= 11 is 0. The first kappa shape index (κ1) is 17.9. The highest BCUT2D eigenvalue weighted by molar-refractivity contribution is 5.81. The number of nitrogens with zero attached hydrogens (tertiary/aromatic N) is 1. The Balaban J connectivity index is 3.66. The van der Waals surface area contributed by atoms with Crippen LogP contribution in [0.4, 0.5) is 0 Å². The van der Waals surface area contributed by atoms with Crippen molar-refractivity contribution in [1.29, 1.82) is 5.26 Å². The van der Waals surface area contributed by atoms with E-state index in [9.17, 15) is 4.79 Å². The molecule has 0 radical (unpaired) electrons. The van der Waals surface area contributed by atoms with Crippen LogP contribution in [-0.4, -0.2) is 25.0 Å². The van der Waals surface area contributed by atoms with Gasteiger partial charge in [-0.2, -0.15) is 5.26 Å². The molecule has 0 aliphatic carbocycles. The van der Waals surface area contributed by atoms with Crippen LogP contribution in [0.15, 0.2) is 0 Å². The van der Waals surface area contributed by atoms with Crippen molar-refractivity contribution in [2.75, 3.05) is 13.1 Å². The lowest BCUT2D eigenvalue weighted by molar-refractivity contribution is -0.122. The monoisotopic (exact) mass is 267 g/mol. The van der Waals surface area contributed by atoms with Crippen molar-refractivity contribution in [3.63, 3.8) is 0 Å². The van der Waals surface area contributed by atoms with Gasteiger partial charge in [0, 0.05) is 6.54 Å². The molecule has 1 unspecified atom stereocenters. The molecule has 0 rings (SSSR count). The summed E-state index contributed by atoms with van der Waals surface area (Å²) in [6.07, 6.45) is 2.90. The lowest BCUT2D eigenvalue weighted by Gasteiger charge is -2.17. The molecular formula is C15H29N3O. The van der Waals surface area contributed by atoms with Gasteiger partial charge in [-0.3, -0.25) is 4.79 Å². The van der Waals surface area contributed by atoms with Crippen molar-refractivity contribution in [2.24, 2.45) is 11.3 Å². The van der Waals surface area contributed by atoms with Crippen LogP contribution in [0, 0.1) is 22.7 Å². The van der Waals surface area contributed by atoms with Crippen LogP contribution in [0.1, 0.15) is 53.9 Å². The standard InChI is InChI=1S/C15H29N3O/c1-12(2)10-18-14(19)13(3)17-9-7-6-8-15(4,5)11-16/h12-13,17H,6-10H2,1-5H3,(H,18,19). The van der Waals surface area contributed by atoms with Gasteiger partial charge < -0.3 is 10.6 Å². The van der Waals surface area contributed by atoms with E-state index in [1.165, 1.54) is 0 Å². The Morgan fingerprint density at radius 2 is 1.89 bits per heavy atom. The number of unbranched alkanes of at least 4 members (excludes halogenated alkanes) is 1. The van der Waals surface area contributed by atoms with Crippen molar-refractivity contribution in [1.82, 2.24) is 10.6 Å². The van der Waals surface area contributed by atoms with Crippen LogP contribution in [0.2, 0.25) is 0 Å². The van der Waals surface area contributed by atoms with Gasteiger partial charge in [0.25, 0.3) is 0 Å². The first-order chi connectivity index (χ1) is 8.78. The van der Waals surface area contributed by atoms with E-state index in [4.69, 9.17) is 5.26 Å². The third-order valence-electron chi connectivity index (χ3n) is 3.06. The summed E-state index contributed by atoms with van der Waals surface area (Å²) < 4.78 is 0. The number of carbonyl (C=O) groups excluding carboxylic acids is 1. The molecule has 19 heavy (non-hydrogen) atoms. The van der Waals surface area contributed by atoms with Crippen LogP contribution in [-0.2, 0) is 4.79 Å². The number of hydrogen-bond donors (Lipinski definition) is 2. The van der Waals surface area contributed by atoms with Crippen molar-refractivity contribution < 1.29 is 4.79 Å². The number of carbonyl (C=O) groups is 1. The van der Waals surface area contributed by atoms with Gasteiger partial charge in [-0.25, -0.2) is 0 Å². The zero-order chi connectivity index (χ0) is 14.9. The van der Waals surface area contributed by atoms with Gasteiger partial charge in [0.1, 0.15) is 0 Å². The number of hydrogen-bond acceptors (Lipinski definition) is 3. The number of amides is 1. The number of nitrogens with one attached hydrogen (secondary N) is 2. The highest BCUT2D eigenvalue weighted by Crippen LogP contribution is 2.21. The Hall–Kier alpha value is -1.08. The van der Waals surface area contributed by atoms with Gasteiger partial charge >= 0.3 is 0 Å². The molecule has 2 N–H and O–H groups in total. The molecule has 1 amide bonds. The smallest absolute Gasteiger partial charge is 0.236 e. The first-order valence-electron chi connectivity index (χ1n) is 7.21. The largest absolute Gasteiger partial charge is 0.354 e. The van der Waals surface area contributed by atoms with E-state index >= 15 is 0 Å². The highest BCUT2D eigenvalue weighted by Gasteiger charge is 2.16. The van der Waals surface area contributed by atoms with Gasteiger partial charge in [-0.15, -0.1) is 0 Å². The van der Waals surface area contributed by atoms with Crippen molar-refractivity contribution in [3.8, 4) is 6.07 Å². The molecule has 0 heterocycles. The van der Waals surface area contributed by atoms with Crippen LogP contribution in [0.3, 0.4) is 0 Å². The molecule has 0 aliphatic heterocycles. The average molecular weight is 267 g/mol. The number of rotatable bonds is 9. The molecular weight excluding hydrogens is 238 g/mol. The van der Waals surface area contributed by atoms with Gasteiger partial charge in [-0.05, 0) is 46.1 Å². The minimum atomic E-state index is -0.236. The van der Waals surface area contributed by atoms with Gasteiger partial charge in [-0.1, -0.05) is 20.3 Å². The third kappa shape index (κ3) is 9.49. The van der Waals surface area contributed by atoms with Crippen LogP contribution in [0.25, 0.3) is 0 Å². The van der Waals surface area contributed by atoms with Crippen LogP contribution >= 0.6 is 0 Å². The van der Waals surface area contributed by atoms with E-state index < -0.39 is 0 Å². The molecule has 4 heteroatoms. The molecule has 0 aromatic carbocycles. The molecule has 1 atom stereocenters. The van der Waals surface area contributed by atoms with E-state index in [2.05, 4.69) is 30.6 Å². The van der Waals surface area contributed by atoms with E-state index in [0.29, 0.717) is 5.92 Å². The highest BCUT2D eigenvalue weighted by atomic mass is 16.2. The summed E-state index contributed by atoms with van der Waals surface area (Å²) in [5, 5.41) is 15.0. The molecule has 0 saturated heterocycles. The third-order valence-corrected chi connectivity index (χ3v) is 3.06. The molecule has 4 nitrogen and oxygen atoms in total. The predicted molar refractivity (Wildman–Crippen MR) is 78.6 cm³/mol. The summed E-state index contributed by atoms with van der Waals surface area (Å²) in [4.78, 5) is 11.7. The SMILES string of the molecule is CC(C)CNC(=O)C(C)NCCCCC(C)(C)C#N. The van der Waals surface area contributed by atoms with E-state index in [0.717, 1.165) is 32.4 Å². The Labute approximate surface area is 118 Å². The Bertz CT molecular complexity index is 305. The zero-order valence-corrected chi connectivity index (χ0v) is 13.0. The Morgan fingerprint density at radius 3 is 2.42 bits per heavy atom. The molecule has 0 bridgehead atoms. The lowest BCUT2D eigenvalue weighted by atomic mass is 9.89. The second-order valence-electron chi connectivity index (χ2n) is 6.27. The normalized spacial score (nSPS) is 13.1. The van der Waals surface area contributed by atoms with Crippen molar-refractivity contribution >= 4 is 5.91 Å². The summed E-state index contributed by atoms with van der Waals surface area (Å²) in [5.74, 6) is 0.537. The fourth-order valence-corrected chi connectivity index (χ4v) is 1.62. The van der Waals surface area contributed by atoms with E-state index in [-0.39, 0.29) is 17.4 Å². The second-order valence-corrected chi connectivity index (χ2v) is 6.27. The number of nitriles is 1. The Morgan fingerprint density at radius 1 is 1.26 bits per heavy atom. The predicted octanol–water partition coefficient (Wildman–Crippen LogP) is 2.46. The lowest BCUT2D eigenvalue weighted by Crippen LogP contribution is -2.43. The van der Waals surface area contributed by atoms with Crippen molar-refractivity contribution in [3.05, 3.63) is 0 Å². The van der Waals surface area contributed by atoms with Crippen LogP contribution < -0.4 is 10.6 Å². The first-order valence-corrected chi connectivity index (χ1v) is 7.21. The Kier molecular flexibility index (Phi) is 8.42. The van der Waals surface area contributed by atoms with Gasteiger partial charge in [0.15, 0.2) is 0 Å². The maximum absolute atomic E-state index is 11.7. The summed E-state index contributed by atoms with van der Waals surface area (Å²) in [7, 11) is 0. The van der Waals surface area contributed by atoms with E-state index in [1.807, 2.05) is 20.8 Å². The fourth-order valence-electron chi connectivity index (χ4n) is 1.62. The molecule has 0 aromatic heterocycles. The van der Waals surface area contributed by atoms with E-state index in [1.54, 1.807) is 0 Å². The molecule has 0 aliphatic rings. The summed E-state index contributed by atoms with van der Waals surface area (Å²) in [5.41, 5.74) is -0.236. The topological polar surface area (TPSA) is 64.9 Å². The quantitative estimate of drug-likeness (QED) is 0.631. The average Bonchev–Trinajstić information content (AvgIpc) is 2.35. The summed E-state index contributed by atoms with van der Waals surface area (Å²) in [6, 6.07) is 2.15. The summed E-state index contributed by atoms with van der Waals surface area (Å²) in [6.45, 7) is 11.5. The minimum absolute atomic E-state index is 0.0612. The molecule has 0 spiro atoms. The maximum Gasteiger partial charge on any atom is 0.236 e. The molecule has 0 saturated carbocycles. The second kappa shape index (κ2) is 8.92. The van der Waals surface area contributed by atoms with Crippen LogP contribution in [0.5, 0.6) is 0 Å². The van der Waals surface area contributed by atoms with Gasteiger partial charge in [0.05, 0.1) is 17.5 Å². The molecule has 0 fully saturated rings.